The number of ketones is 1. The van der Waals surface area contributed by atoms with Gasteiger partial charge in [-0.3, -0.25) is 9.59 Å². The number of hydrogen-bond donors (Lipinski definition) is 2. The average Bonchev–Trinajstić information content (AvgIpc) is 3.07. The molecule has 0 aliphatic carbocycles. The third kappa shape index (κ3) is 9.71. The van der Waals surface area contributed by atoms with E-state index < -0.39 is 53.8 Å². The highest BCUT2D eigenvalue weighted by molar-refractivity contribution is 6.38. The molecule has 47 heavy (non-hydrogen) atoms. The van der Waals surface area contributed by atoms with E-state index in [0.29, 0.717) is 36.1 Å². The third-order valence-corrected chi connectivity index (χ3v) is 7.65. The fourth-order valence-corrected chi connectivity index (χ4v) is 5.12. The summed E-state index contributed by atoms with van der Waals surface area (Å²) in [5, 5.41) is 19.5. The fourth-order valence-electron chi connectivity index (χ4n) is 5.12. The summed E-state index contributed by atoms with van der Waals surface area (Å²) in [4.78, 5) is 64.3. The van der Waals surface area contributed by atoms with E-state index >= 15 is 0 Å². The number of aromatic hydroxyl groups is 1. The molecule has 1 amide bonds. The maximum Gasteiger partial charge on any atom is 0.341 e. The van der Waals surface area contributed by atoms with Crippen LogP contribution in [-0.2, 0) is 39.9 Å². The highest BCUT2D eigenvalue weighted by Crippen LogP contribution is 2.38. The molecule has 2 N–H and O–H groups in total. The number of nitrogens with zero attached hydrogens (tertiary/aromatic N) is 1. The van der Waals surface area contributed by atoms with Crippen LogP contribution in [0.5, 0.6) is 23.0 Å². The van der Waals surface area contributed by atoms with Crippen LogP contribution in [-0.4, -0.2) is 84.7 Å². The Hall–Kier alpha value is -5.07. The van der Waals surface area contributed by atoms with E-state index in [1.165, 1.54) is 39.0 Å². The summed E-state index contributed by atoms with van der Waals surface area (Å²) in [7, 11) is 2.84. The van der Waals surface area contributed by atoms with Crippen molar-refractivity contribution < 1.29 is 57.9 Å². The zero-order valence-corrected chi connectivity index (χ0v) is 27.0. The number of Topliss-reactive ketones (excluding diaryl/α,β-unsaturated/α-hetero) is 1. The first-order chi connectivity index (χ1) is 22.3. The van der Waals surface area contributed by atoms with Gasteiger partial charge in [-0.1, -0.05) is 18.7 Å². The number of likely N-dealkylation sites (tertiary alicyclic amines) is 1. The molecule has 0 spiro atoms. The van der Waals surface area contributed by atoms with Crippen molar-refractivity contribution in [2.45, 2.75) is 58.1 Å². The predicted octanol–water partition coefficient (Wildman–Crippen LogP) is 3.80. The van der Waals surface area contributed by atoms with Gasteiger partial charge < -0.3 is 38.8 Å². The van der Waals surface area contributed by atoms with Crippen molar-refractivity contribution in [3.8, 4) is 23.0 Å². The van der Waals surface area contributed by atoms with Crippen molar-refractivity contribution in [2.75, 3.05) is 34.0 Å². The summed E-state index contributed by atoms with van der Waals surface area (Å²) in [5.41, 5.74) is -0.203. The van der Waals surface area contributed by atoms with Gasteiger partial charge in [0.05, 0.1) is 19.6 Å². The number of methoxy groups -OCH3 is 2. The monoisotopic (exact) mass is 655 g/mol. The quantitative estimate of drug-likeness (QED) is 0.152. The Kier molecular flexibility index (Phi) is 12.8. The number of carbonyl (C=O) groups is 5. The Morgan fingerprint density at radius 3 is 2.49 bits per heavy atom. The lowest BCUT2D eigenvalue weighted by atomic mass is 9.87. The smallest absolute Gasteiger partial charge is 0.341 e. The van der Waals surface area contributed by atoms with Gasteiger partial charge in [0.25, 0.3) is 5.91 Å². The van der Waals surface area contributed by atoms with Crippen molar-refractivity contribution in [3.63, 3.8) is 0 Å². The molecule has 1 fully saturated rings. The summed E-state index contributed by atoms with van der Waals surface area (Å²) < 4.78 is 26.9. The molecule has 1 heterocycles. The maximum atomic E-state index is 13.8. The first-order valence-electron chi connectivity index (χ1n) is 15.0. The SMILES string of the molecule is C=CC(=O)OCC(C)(C)C(=O)C(=O)N1CCCC[C@H]1C(=O)OC(CCc1cc(O)c(OC)c(OC)c1)c1cccc(OCC(=O)O)c1. The van der Waals surface area contributed by atoms with Crippen LogP contribution in [0.2, 0.25) is 0 Å². The Morgan fingerprint density at radius 2 is 1.83 bits per heavy atom. The highest BCUT2D eigenvalue weighted by atomic mass is 16.5. The molecule has 3 rings (SSSR count). The highest BCUT2D eigenvalue weighted by Gasteiger charge is 2.42. The number of piperidine rings is 1. The van der Waals surface area contributed by atoms with Crippen LogP contribution in [0.3, 0.4) is 0 Å². The summed E-state index contributed by atoms with van der Waals surface area (Å²) >= 11 is 0. The number of esters is 2. The van der Waals surface area contributed by atoms with Crippen molar-refractivity contribution >= 4 is 29.6 Å². The first-order valence-corrected chi connectivity index (χ1v) is 15.0. The predicted molar refractivity (Wildman–Crippen MR) is 167 cm³/mol. The molecule has 0 bridgehead atoms. The molecule has 2 aromatic carbocycles. The van der Waals surface area contributed by atoms with E-state index in [1.807, 2.05) is 0 Å². The zero-order valence-electron chi connectivity index (χ0n) is 27.0. The van der Waals surface area contributed by atoms with Crippen molar-refractivity contribution in [1.29, 1.82) is 0 Å². The second-order valence-electron chi connectivity index (χ2n) is 11.6. The third-order valence-electron chi connectivity index (χ3n) is 7.65. The standard InChI is InChI=1S/C34H41NO12/c1-6-29(39)46-20-34(2,3)31(40)32(41)35-15-8-7-12-24(35)33(42)47-26(22-10-9-11-23(18-22)45-19-28(37)38)14-13-21-16-25(36)30(44-5)27(17-21)43-4/h6,9-11,16-18,24,26,36H,1,7-8,12-15,19-20H2,2-5H3,(H,37,38)/t24-,26?/m0/s1. The van der Waals surface area contributed by atoms with Crippen LogP contribution < -0.4 is 14.2 Å². The maximum absolute atomic E-state index is 13.8. The van der Waals surface area contributed by atoms with Gasteiger partial charge in [0.15, 0.2) is 18.1 Å². The number of hydrogen-bond acceptors (Lipinski definition) is 11. The number of carbonyl (C=O) groups excluding carboxylic acids is 4. The van der Waals surface area contributed by atoms with E-state index in [2.05, 4.69) is 6.58 Å². The fraction of sp³-hybridized carbons (Fsp3) is 0.441. The summed E-state index contributed by atoms with van der Waals surface area (Å²) in [5.74, 6) is -3.73. The number of amides is 1. The Labute approximate surface area is 273 Å². The lowest BCUT2D eigenvalue weighted by molar-refractivity contribution is -0.165. The van der Waals surface area contributed by atoms with Crippen LogP contribution in [0.15, 0.2) is 49.1 Å². The molecule has 0 saturated carbocycles. The minimum absolute atomic E-state index is 0.136. The molecular weight excluding hydrogens is 614 g/mol. The number of carboxylic acid groups (broad SMARTS) is 1. The molecule has 2 atom stereocenters. The molecular formula is C34H41NO12. The molecule has 2 aromatic rings. The molecule has 1 aliphatic heterocycles. The summed E-state index contributed by atoms with van der Waals surface area (Å²) in [6, 6.07) is 8.60. The van der Waals surface area contributed by atoms with Gasteiger partial charge in [0, 0.05) is 12.6 Å². The second kappa shape index (κ2) is 16.5. The lowest BCUT2D eigenvalue weighted by Crippen LogP contribution is -2.53. The molecule has 1 saturated heterocycles. The van der Waals surface area contributed by atoms with E-state index in [9.17, 15) is 29.1 Å². The van der Waals surface area contributed by atoms with E-state index in [1.54, 1.807) is 30.3 Å². The second-order valence-corrected chi connectivity index (χ2v) is 11.6. The molecule has 0 aromatic heterocycles. The van der Waals surface area contributed by atoms with Crippen LogP contribution in [0.1, 0.15) is 56.8 Å². The number of ether oxygens (including phenoxy) is 5. The van der Waals surface area contributed by atoms with Gasteiger partial charge in [0.1, 0.15) is 24.5 Å². The number of carboxylic acids is 1. The number of phenols is 1. The van der Waals surface area contributed by atoms with Crippen molar-refractivity contribution in [1.82, 2.24) is 4.90 Å². The van der Waals surface area contributed by atoms with E-state index in [0.717, 1.165) is 6.08 Å². The van der Waals surface area contributed by atoms with Gasteiger partial charge in [-0.2, -0.15) is 0 Å². The number of aliphatic carboxylic acids is 1. The molecule has 13 heteroatoms. The zero-order chi connectivity index (χ0) is 34.7. The summed E-state index contributed by atoms with van der Waals surface area (Å²) in [6.45, 7) is 5.50. The molecule has 0 radical (unpaired) electrons. The number of rotatable bonds is 16. The van der Waals surface area contributed by atoms with Gasteiger partial charge in [-0.05, 0) is 81.3 Å². The molecule has 1 aliphatic rings. The normalized spacial score (nSPS) is 15.1. The largest absolute Gasteiger partial charge is 0.504 e. The van der Waals surface area contributed by atoms with Gasteiger partial charge in [-0.25, -0.2) is 14.4 Å². The molecule has 1 unspecified atom stereocenters. The Balaban J connectivity index is 1.87. The Bertz CT molecular complexity index is 1480. The van der Waals surface area contributed by atoms with Crippen LogP contribution in [0.4, 0.5) is 0 Å². The Morgan fingerprint density at radius 1 is 1.09 bits per heavy atom. The first kappa shape index (κ1) is 36.4. The number of phenolic OH excluding ortho intramolecular Hbond substituents is 1. The van der Waals surface area contributed by atoms with Gasteiger partial charge in [-0.15, -0.1) is 0 Å². The van der Waals surface area contributed by atoms with Gasteiger partial charge >= 0.3 is 17.9 Å². The minimum Gasteiger partial charge on any atom is -0.504 e. The average molecular weight is 656 g/mol. The van der Waals surface area contributed by atoms with Gasteiger partial charge in [0.2, 0.25) is 11.5 Å². The van der Waals surface area contributed by atoms with E-state index in [-0.39, 0.29) is 43.2 Å². The van der Waals surface area contributed by atoms with Crippen LogP contribution in [0.25, 0.3) is 0 Å². The lowest BCUT2D eigenvalue weighted by Gasteiger charge is -2.36. The van der Waals surface area contributed by atoms with Crippen molar-refractivity contribution in [2.24, 2.45) is 5.41 Å². The summed E-state index contributed by atoms with van der Waals surface area (Å²) in [6.07, 6.45) is 2.03. The van der Waals surface area contributed by atoms with Crippen molar-refractivity contribution in [3.05, 3.63) is 60.2 Å². The molecule has 254 valence electrons. The number of benzene rings is 2. The van der Waals surface area contributed by atoms with Crippen LogP contribution in [0, 0.1) is 5.41 Å². The number of aryl methyl sites for hydroxylation is 1. The minimum atomic E-state index is -1.36. The van der Waals surface area contributed by atoms with Crippen LogP contribution >= 0.6 is 0 Å². The molecule has 13 nitrogen and oxygen atoms in total. The topological polar surface area (TPSA) is 175 Å². The van der Waals surface area contributed by atoms with E-state index in [4.69, 9.17) is 28.8 Å².